The first kappa shape index (κ1) is 23.4. The zero-order valence-corrected chi connectivity index (χ0v) is 17.0. The van der Waals surface area contributed by atoms with E-state index in [0.717, 1.165) is 0 Å². The van der Waals surface area contributed by atoms with Crippen LogP contribution >= 0.6 is 15.4 Å². The zero-order valence-electron chi connectivity index (χ0n) is 15.2. The number of carbonyl (C=O) groups excluding carboxylic acids is 1. The molecule has 3 atom stereocenters. The van der Waals surface area contributed by atoms with Crippen molar-refractivity contribution in [1.29, 1.82) is 0 Å². The molecule has 1 unspecified atom stereocenters. The van der Waals surface area contributed by atoms with Gasteiger partial charge in [0, 0.05) is 6.42 Å². The van der Waals surface area contributed by atoms with Gasteiger partial charge in [0.25, 0.3) is 0 Å². The quantitative estimate of drug-likeness (QED) is 0.267. The lowest BCUT2D eigenvalue weighted by molar-refractivity contribution is -0.137. The van der Waals surface area contributed by atoms with E-state index in [1.807, 2.05) is 5.48 Å². The molecule has 0 aliphatic rings. The number of hydrogen-bond donors (Lipinski definition) is 5. The van der Waals surface area contributed by atoms with Crippen LogP contribution in [0.2, 0.25) is 0 Å². The molecule has 0 radical (unpaired) electrons. The molecule has 0 amide bonds. The first-order valence-electron chi connectivity index (χ1n) is 8.46. The van der Waals surface area contributed by atoms with Crippen LogP contribution in [-0.2, 0) is 35.9 Å². The van der Waals surface area contributed by atoms with Crippen LogP contribution in [-0.4, -0.2) is 32.5 Å². The lowest BCUT2D eigenvalue weighted by Crippen LogP contribution is -2.35. The fourth-order valence-electron chi connectivity index (χ4n) is 2.35. The van der Waals surface area contributed by atoms with Crippen LogP contribution < -0.4 is 11.2 Å². The van der Waals surface area contributed by atoms with Gasteiger partial charge in [-0.15, -0.1) is 0 Å². The number of nitrogens with two attached hydrogens (primary N) is 1. The van der Waals surface area contributed by atoms with Gasteiger partial charge in [0.2, 0.25) is 0 Å². The molecule has 2 aromatic rings. The first-order valence-corrected chi connectivity index (χ1v) is 11.6. The Balaban J connectivity index is 1.94. The summed E-state index contributed by atoms with van der Waals surface area (Å²) < 4.78 is 32.4. The van der Waals surface area contributed by atoms with Crippen LogP contribution in [0.1, 0.15) is 11.1 Å². The van der Waals surface area contributed by atoms with Gasteiger partial charge in [0.05, 0.1) is 0 Å². The summed E-state index contributed by atoms with van der Waals surface area (Å²) in [5.41, 5.74) is 8.79. The van der Waals surface area contributed by atoms with Crippen LogP contribution in [0.3, 0.4) is 0 Å². The minimum absolute atomic E-state index is 0.0617. The molecule has 29 heavy (non-hydrogen) atoms. The minimum Gasteiger partial charge on any atom is -0.368 e. The third-order valence-corrected chi connectivity index (χ3v) is 5.64. The fourth-order valence-corrected chi connectivity index (χ4v) is 3.73. The molecule has 0 aliphatic heterocycles. The van der Waals surface area contributed by atoms with E-state index in [4.69, 9.17) is 5.73 Å². The van der Waals surface area contributed by atoms with Gasteiger partial charge in [0.15, 0.2) is 0 Å². The van der Waals surface area contributed by atoms with Crippen LogP contribution in [0.15, 0.2) is 60.7 Å². The molecule has 12 heteroatoms. The summed E-state index contributed by atoms with van der Waals surface area (Å²) in [5, 5.41) is 0. The second-order valence-electron chi connectivity index (χ2n) is 6.18. The Hall–Kier alpha value is -1.87. The van der Waals surface area contributed by atoms with Crippen molar-refractivity contribution in [2.24, 2.45) is 5.73 Å². The molecule has 6 N–H and O–H groups in total. The van der Waals surface area contributed by atoms with Gasteiger partial charge in [-0.25, -0.2) is 9.36 Å². The maximum Gasteiger partial charge on any atom is 0.546 e. The lowest BCUT2D eigenvalue weighted by atomic mass is 10.1. The van der Waals surface area contributed by atoms with Crippen LogP contribution in [0.25, 0.3) is 0 Å². The number of rotatable bonds is 10. The van der Waals surface area contributed by atoms with Gasteiger partial charge in [-0.3, -0.25) is 9.46 Å². The topological polar surface area (TPSA) is 168 Å². The standard InChI is InChI=1S/C17H22N2O8P2/c18-15(11-13-7-3-1-4-8-13)17(20)26-29(24,25)27-19-16(28(21,22)23)12-14-9-5-2-6-10-14/h1-10,15-16,19H,11-12,18H2,(H,24,25)(H2,21,22,23)/t15-,16+/m0/s1. The molecule has 2 rings (SSSR count). The Bertz CT molecular complexity index is 891. The summed E-state index contributed by atoms with van der Waals surface area (Å²) in [7, 11) is -9.78. The highest BCUT2D eigenvalue weighted by atomic mass is 31.2. The monoisotopic (exact) mass is 444 g/mol. The third kappa shape index (κ3) is 8.18. The van der Waals surface area contributed by atoms with Crippen LogP contribution in [0.4, 0.5) is 0 Å². The molecule has 0 bridgehead atoms. The van der Waals surface area contributed by atoms with Gasteiger partial charge >= 0.3 is 21.4 Å². The number of nitrogens with one attached hydrogen (secondary N) is 1. The van der Waals surface area contributed by atoms with Crippen molar-refractivity contribution in [3.05, 3.63) is 71.8 Å². The average Bonchev–Trinajstić information content (AvgIpc) is 2.65. The highest BCUT2D eigenvalue weighted by molar-refractivity contribution is 7.52. The number of phosphoric acid groups is 1. The Morgan fingerprint density at radius 1 is 0.931 bits per heavy atom. The zero-order chi connectivity index (χ0) is 21.5. The Morgan fingerprint density at radius 2 is 1.41 bits per heavy atom. The molecule has 10 nitrogen and oxygen atoms in total. The maximum absolute atomic E-state index is 12.0. The Morgan fingerprint density at radius 3 is 1.90 bits per heavy atom. The largest absolute Gasteiger partial charge is 0.546 e. The SMILES string of the molecule is N[C@@H](Cc1ccccc1)C(=O)OP(=O)(O)ON[C@@H](Cc1ccccc1)P(=O)(O)O. The van der Waals surface area contributed by atoms with Gasteiger partial charge in [-0.1, -0.05) is 60.7 Å². The predicted octanol–water partition coefficient (Wildman–Crippen LogP) is 1.47. The van der Waals surface area contributed by atoms with Crippen LogP contribution in [0, 0.1) is 0 Å². The van der Waals surface area contributed by atoms with E-state index >= 15 is 0 Å². The second kappa shape index (κ2) is 10.2. The van der Waals surface area contributed by atoms with Gasteiger partial charge in [0.1, 0.15) is 11.8 Å². The van der Waals surface area contributed by atoms with E-state index in [2.05, 4.69) is 9.15 Å². The average molecular weight is 444 g/mol. The summed E-state index contributed by atoms with van der Waals surface area (Å²) in [4.78, 5) is 40.5. The van der Waals surface area contributed by atoms with E-state index in [1.54, 1.807) is 60.7 Å². The van der Waals surface area contributed by atoms with E-state index < -0.39 is 33.2 Å². The minimum atomic E-state index is -5.02. The molecule has 0 fully saturated rings. The van der Waals surface area contributed by atoms with E-state index in [9.17, 15) is 28.6 Å². The Kier molecular flexibility index (Phi) is 8.27. The lowest BCUT2D eigenvalue weighted by Gasteiger charge is -2.21. The van der Waals surface area contributed by atoms with Crippen molar-refractivity contribution in [3.8, 4) is 0 Å². The smallest absolute Gasteiger partial charge is 0.368 e. The number of phosphoric ester groups is 1. The molecule has 2 aromatic carbocycles. The predicted molar refractivity (Wildman–Crippen MR) is 104 cm³/mol. The van der Waals surface area contributed by atoms with Gasteiger partial charge in [-0.05, 0) is 17.5 Å². The number of carbonyl (C=O) groups is 1. The van der Waals surface area contributed by atoms with E-state index in [1.165, 1.54) is 0 Å². The molecule has 0 aliphatic carbocycles. The molecule has 0 spiro atoms. The molecule has 0 saturated carbocycles. The maximum atomic E-state index is 12.0. The van der Waals surface area contributed by atoms with Crippen molar-refractivity contribution in [3.63, 3.8) is 0 Å². The highest BCUT2D eigenvalue weighted by Crippen LogP contribution is 2.46. The fraction of sp³-hybridized carbons (Fsp3) is 0.235. The third-order valence-electron chi connectivity index (χ3n) is 3.79. The van der Waals surface area contributed by atoms with Gasteiger partial charge in [-0.2, -0.15) is 10.1 Å². The summed E-state index contributed by atoms with van der Waals surface area (Å²) >= 11 is 0. The number of hydroxylamine groups is 1. The molecule has 0 heterocycles. The van der Waals surface area contributed by atoms with Crippen molar-refractivity contribution < 1.29 is 37.8 Å². The van der Waals surface area contributed by atoms with Crippen molar-refractivity contribution in [2.45, 2.75) is 24.7 Å². The second-order valence-corrected chi connectivity index (χ2v) is 9.28. The molecule has 158 valence electrons. The summed E-state index contributed by atoms with van der Waals surface area (Å²) in [5.74, 6) is -2.83. The summed E-state index contributed by atoms with van der Waals surface area (Å²) in [6.45, 7) is 0. The van der Waals surface area contributed by atoms with Crippen LogP contribution in [0.5, 0.6) is 0 Å². The highest BCUT2D eigenvalue weighted by Gasteiger charge is 2.35. The molecule has 0 aromatic heterocycles. The van der Waals surface area contributed by atoms with E-state index in [0.29, 0.717) is 11.1 Å². The number of hydrogen-bond acceptors (Lipinski definition) is 7. The van der Waals surface area contributed by atoms with Crippen molar-refractivity contribution in [2.75, 3.05) is 0 Å². The summed E-state index contributed by atoms with van der Waals surface area (Å²) in [6.07, 6.45) is -0.140. The van der Waals surface area contributed by atoms with Gasteiger partial charge < -0.3 is 20.0 Å². The summed E-state index contributed by atoms with van der Waals surface area (Å²) in [6, 6.07) is 15.8. The van der Waals surface area contributed by atoms with Crippen molar-refractivity contribution >= 4 is 21.4 Å². The van der Waals surface area contributed by atoms with Crippen molar-refractivity contribution in [1.82, 2.24) is 5.48 Å². The molecular formula is C17H22N2O8P2. The molecular weight excluding hydrogens is 422 g/mol. The normalized spacial score (nSPS) is 15.9. The Labute approximate surface area is 167 Å². The number of benzene rings is 2. The van der Waals surface area contributed by atoms with E-state index in [-0.39, 0.29) is 12.8 Å². The molecule has 0 saturated heterocycles. The first-order chi connectivity index (χ1) is 13.6.